The molecule has 0 aliphatic heterocycles. The maximum absolute atomic E-state index is 5.97. The standard InChI is InChI=1S/C10H9ClN3/c1-2-8-5-7-14(13-8)10-9(11)4-3-6-12-10/h3-6H,2H2,1H3. The summed E-state index contributed by atoms with van der Waals surface area (Å²) in [6, 6.07) is 5.41. The molecule has 3 nitrogen and oxygen atoms in total. The Morgan fingerprint density at radius 3 is 3.07 bits per heavy atom. The molecule has 2 aromatic heterocycles. The Hall–Kier alpha value is -1.35. The summed E-state index contributed by atoms with van der Waals surface area (Å²) in [6.45, 7) is 2.04. The van der Waals surface area contributed by atoms with E-state index in [0.29, 0.717) is 10.8 Å². The summed E-state index contributed by atoms with van der Waals surface area (Å²) >= 11 is 5.97. The summed E-state index contributed by atoms with van der Waals surface area (Å²) in [5.74, 6) is 0.619. The fourth-order valence-electron chi connectivity index (χ4n) is 1.14. The van der Waals surface area contributed by atoms with Crippen molar-refractivity contribution in [2.45, 2.75) is 13.3 Å². The first kappa shape index (κ1) is 9.21. The first-order valence-electron chi connectivity index (χ1n) is 4.38. The van der Waals surface area contributed by atoms with Crippen LogP contribution in [-0.2, 0) is 6.42 Å². The minimum atomic E-state index is 0.578. The molecule has 2 rings (SSSR count). The Bertz CT molecular complexity index is 436. The average Bonchev–Trinajstić information content (AvgIpc) is 2.67. The molecular formula is C10H9ClN3. The summed E-state index contributed by atoms with van der Waals surface area (Å²) in [7, 11) is 0. The Morgan fingerprint density at radius 2 is 2.43 bits per heavy atom. The topological polar surface area (TPSA) is 30.7 Å². The molecule has 0 aliphatic carbocycles. The van der Waals surface area contributed by atoms with Crippen LogP contribution in [0, 0.1) is 6.20 Å². The lowest BCUT2D eigenvalue weighted by Gasteiger charge is -2.00. The maximum Gasteiger partial charge on any atom is 0.172 e. The maximum atomic E-state index is 5.97. The van der Waals surface area contributed by atoms with Crippen molar-refractivity contribution in [1.82, 2.24) is 14.8 Å². The first-order chi connectivity index (χ1) is 6.81. The molecule has 0 saturated heterocycles. The van der Waals surface area contributed by atoms with Crippen LogP contribution in [0.1, 0.15) is 12.6 Å². The van der Waals surface area contributed by atoms with Crippen LogP contribution in [0.15, 0.2) is 24.4 Å². The molecule has 0 atom stereocenters. The van der Waals surface area contributed by atoms with Gasteiger partial charge in [-0.2, -0.15) is 5.10 Å². The molecule has 14 heavy (non-hydrogen) atoms. The molecule has 0 unspecified atom stereocenters. The number of rotatable bonds is 2. The molecule has 71 valence electrons. The zero-order chi connectivity index (χ0) is 9.97. The third kappa shape index (κ3) is 1.63. The Balaban J connectivity index is 2.44. The molecule has 0 aliphatic rings. The predicted octanol–water partition coefficient (Wildman–Crippen LogP) is 2.28. The minimum Gasteiger partial charge on any atom is -0.236 e. The molecule has 1 radical (unpaired) electrons. The summed E-state index contributed by atoms with van der Waals surface area (Å²) in [5.41, 5.74) is 0.978. The summed E-state index contributed by atoms with van der Waals surface area (Å²) in [4.78, 5) is 4.13. The third-order valence-electron chi connectivity index (χ3n) is 1.88. The molecule has 0 aromatic carbocycles. The van der Waals surface area contributed by atoms with Crippen LogP contribution in [-0.4, -0.2) is 14.8 Å². The number of pyridine rings is 1. The number of aryl methyl sites for hydroxylation is 1. The molecule has 0 amide bonds. The normalized spacial score (nSPS) is 10.4. The van der Waals surface area contributed by atoms with Crippen LogP contribution in [0.4, 0.5) is 0 Å². The van der Waals surface area contributed by atoms with E-state index in [0.717, 1.165) is 12.1 Å². The molecule has 2 aromatic rings. The molecule has 0 spiro atoms. The summed E-state index contributed by atoms with van der Waals surface area (Å²) in [6.07, 6.45) is 5.54. The van der Waals surface area contributed by atoms with Gasteiger partial charge in [0.1, 0.15) is 0 Å². The van der Waals surface area contributed by atoms with Crippen LogP contribution in [0.5, 0.6) is 0 Å². The van der Waals surface area contributed by atoms with Crippen molar-refractivity contribution in [1.29, 1.82) is 0 Å². The van der Waals surface area contributed by atoms with Gasteiger partial charge in [0, 0.05) is 6.20 Å². The lowest BCUT2D eigenvalue weighted by molar-refractivity contribution is 0.812. The van der Waals surface area contributed by atoms with Crippen molar-refractivity contribution in [3.8, 4) is 5.82 Å². The third-order valence-corrected chi connectivity index (χ3v) is 2.18. The van der Waals surface area contributed by atoms with Crippen LogP contribution in [0.25, 0.3) is 5.82 Å². The summed E-state index contributed by atoms with van der Waals surface area (Å²) in [5, 5.41) is 4.85. The van der Waals surface area contributed by atoms with Gasteiger partial charge in [0.15, 0.2) is 5.82 Å². The van der Waals surface area contributed by atoms with E-state index in [1.54, 1.807) is 23.0 Å². The second-order valence-corrected chi connectivity index (χ2v) is 3.25. The number of nitrogens with zero attached hydrogens (tertiary/aromatic N) is 3. The van der Waals surface area contributed by atoms with Crippen molar-refractivity contribution >= 4 is 11.6 Å². The van der Waals surface area contributed by atoms with E-state index in [-0.39, 0.29) is 0 Å². The van der Waals surface area contributed by atoms with Gasteiger partial charge in [-0.15, -0.1) is 0 Å². The van der Waals surface area contributed by atoms with Gasteiger partial charge < -0.3 is 0 Å². The Labute approximate surface area is 87.3 Å². The van der Waals surface area contributed by atoms with E-state index < -0.39 is 0 Å². The molecule has 2 heterocycles. The molecule has 4 heteroatoms. The van der Waals surface area contributed by atoms with E-state index >= 15 is 0 Å². The minimum absolute atomic E-state index is 0.578. The Morgan fingerprint density at radius 1 is 1.57 bits per heavy atom. The lowest BCUT2D eigenvalue weighted by atomic mass is 10.4. The molecule has 0 fully saturated rings. The van der Waals surface area contributed by atoms with Crippen LogP contribution in [0.2, 0.25) is 5.02 Å². The monoisotopic (exact) mass is 206 g/mol. The number of hydrogen-bond donors (Lipinski definition) is 0. The fourth-order valence-corrected chi connectivity index (χ4v) is 1.34. The van der Waals surface area contributed by atoms with E-state index in [1.807, 2.05) is 13.0 Å². The van der Waals surface area contributed by atoms with Gasteiger partial charge in [-0.1, -0.05) is 18.5 Å². The van der Waals surface area contributed by atoms with Gasteiger partial charge in [0.05, 0.1) is 16.9 Å². The molecule has 0 saturated carbocycles. The SMILES string of the molecule is CCc1c[c]n(-c2ncccc2Cl)n1. The Kier molecular flexibility index (Phi) is 2.50. The quantitative estimate of drug-likeness (QED) is 0.755. The number of aromatic nitrogens is 3. The van der Waals surface area contributed by atoms with E-state index in [9.17, 15) is 0 Å². The van der Waals surface area contributed by atoms with Crippen molar-refractivity contribution in [3.05, 3.63) is 41.3 Å². The van der Waals surface area contributed by atoms with E-state index in [4.69, 9.17) is 11.6 Å². The largest absolute Gasteiger partial charge is 0.236 e. The van der Waals surface area contributed by atoms with Gasteiger partial charge in [-0.05, 0) is 24.6 Å². The highest BCUT2D eigenvalue weighted by atomic mass is 35.5. The van der Waals surface area contributed by atoms with Crippen LogP contribution in [0.3, 0.4) is 0 Å². The molecule has 0 N–H and O–H groups in total. The van der Waals surface area contributed by atoms with Crippen LogP contribution >= 0.6 is 11.6 Å². The van der Waals surface area contributed by atoms with Gasteiger partial charge >= 0.3 is 0 Å². The highest BCUT2D eigenvalue weighted by molar-refractivity contribution is 6.32. The van der Waals surface area contributed by atoms with Crippen LogP contribution < -0.4 is 0 Å². The predicted molar refractivity (Wildman–Crippen MR) is 54.6 cm³/mol. The van der Waals surface area contributed by atoms with E-state index in [2.05, 4.69) is 16.3 Å². The van der Waals surface area contributed by atoms with Gasteiger partial charge in [0.2, 0.25) is 0 Å². The number of hydrogen-bond acceptors (Lipinski definition) is 2. The first-order valence-corrected chi connectivity index (χ1v) is 4.76. The van der Waals surface area contributed by atoms with Crippen molar-refractivity contribution in [2.75, 3.05) is 0 Å². The van der Waals surface area contributed by atoms with Gasteiger partial charge in [0.25, 0.3) is 0 Å². The smallest absolute Gasteiger partial charge is 0.172 e. The second-order valence-electron chi connectivity index (χ2n) is 2.84. The molecule has 0 bridgehead atoms. The van der Waals surface area contributed by atoms with Gasteiger partial charge in [-0.25, -0.2) is 9.67 Å². The highest BCUT2D eigenvalue weighted by Crippen LogP contribution is 2.15. The zero-order valence-corrected chi connectivity index (χ0v) is 8.49. The molecular weight excluding hydrogens is 198 g/mol. The second kappa shape index (κ2) is 3.80. The van der Waals surface area contributed by atoms with Gasteiger partial charge in [-0.3, -0.25) is 0 Å². The highest BCUT2D eigenvalue weighted by Gasteiger charge is 2.04. The van der Waals surface area contributed by atoms with Crippen molar-refractivity contribution < 1.29 is 0 Å². The zero-order valence-electron chi connectivity index (χ0n) is 7.74. The van der Waals surface area contributed by atoms with Crippen molar-refractivity contribution in [3.63, 3.8) is 0 Å². The van der Waals surface area contributed by atoms with Crippen molar-refractivity contribution in [2.24, 2.45) is 0 Å². The summed E-state index contributed by atoms with van der Waals surface area (Å²) < 4.78 is 1.57. The lowest BCUT2D eigenvalue weighted by Crippen LogP contribution is -1.99. The van der Waals surface area contributed by atoms with E-state index in [1.165, 1.54) is 0 Å². The average molecular weight is 207 g/mol. The number of halogens is 1. The fraction of sp³-hybridized carbons (Fsp3) is 0.200.